The van der Waals surface area contributed by atoms with Crippen molar-refractivity contribution in [2.75, 3.05) is 25.0 Å². The Kier molecular flexibility index (Phi) is 6.36. The number of benzene rings is 1. The van der Waals surface area contributed by atoms with Crippen molar-refractivity contribution < 1.29 is 18.8 Å². The molecule has 0 unspecified atom stereocenters. The number of carbonyl (C=O) groups is 2. The maximum atomic E-state index is 13.1. The fourth-order valence-electron chi connectivity index (χ4n) is 4.29. The Morgan fingerprint density at radius 3 is 2.89 bits per heavy atom. The first-order valence-electron chi connectivity index (χ1n) is 11.9. The summed E-state index contributed by atoms with van der Waals surface area (Å²) >= 11 is 0. The molecule has 0 bridgehead atoms. The molecule has 1 atom stereocenters. The van der Waals surface area contributed by atoms with Crippen LogP contribution in [-0.2, 0) is 11.8 Å². The summed E-state index contributed by atoms with van der Waals surface area (Å²) < 4.78 is 11.7. The van der Waals surface area contributed by atoms with Gasteiger partial charge in [0.2, 0.25) is 11.7 Å². The van der Waals surface area contributed by atoms with Crippen LogP contribution >= 0.6 is 0 Å². The van der Waals surface area contributed by atoms with E-state index < -0.39 is 5.97 Å². The largest absolute Gasteiger partial charge is 0.461 e. The molecule has 1 aliphatic rings. The van der Waals surface area contributed by atoms with Crippen LogP contribution in [0.4, 0.5) is 5.82 Å². The zero-order valence-electron chi connectivity index (χ0n) is 20.4. The molecule has 0 radical (unpaired) electrons. The predicted molar refractivity (Wildman–Crippen MR) is 131 cm³/mol. The number of nitrogens with zero attached hydrogens (tertiary/aromatic N) is 6. The van der Waals surface area contributed by atoms with Crippen LogP contribution in [0.5, 0.6) is 0 Å². The minimum absolute atomic E-state index is 0.0147. The summed E-state index contributed by atoms with van der Waals surface area (Å²) in [5.41, 5.74) is 1.32. The Labute approximate surface area is 207 Å². The van der Waals surface area contributed by atoms with Gasteiger partial charge < -0.3 is 19.5 Å². The molecule has 186 valence electrons. The summed E-state index contributed by atoms with van der Waals surface area (Å²) in [4.78, 5) is 35.9. The highest BCUT2D eigenvalue weighted by atomic mass is 16.5. The van der Waals surface area contributed by atoms with Crippen molar-refractivity contribution in [3.63, 3.8) is 0 Å². The van der Waals surface area contributed by atoms with Gasteiger partial charge in [-0.05, 0) is 30.4 Å². The van der Waals surface area contributed by atoms with E-state index in [0.29, 0.717) is 31.4 Å². The van der Waals surface area contributed by atoms with Crippen molar-refractivity contribution in [1.82, 2.24) is 29.8 Å². The molecule has 1 aliphatic heterocycles. The lowest BCUT2D eigenvalue weighted by Crippen LogP contribution is -2.32. The highest BCUT2D eigenvalue weighted by molar-refractivity contribution is 5.97. The number of fused-ring (bicyclic) bond motifs is 1. The van der Waals surface area contributed by atoms with E-state index in [0.717, 1.165) is 35.0 Å². The molecule has 1 amide bonds. The van der Waals surface area contributed by atoms with Crippen LogP contribution in [0.2, 0.25) is 0 Å². The summed E-state index contributed by atoms with van der Waals surface area (Å²) in [6, 6.07) is 9.39. The SMILES string of the molecule is CCCOC(=O)c1cc(C(=O)N2CC[C@H](Nc3nccc4ccc(-c5noc(C)n5)cc34)C2)nn1C. The smallest absolute Gasteiger partial charge is 0.356 e. The molecule has 11 nitrogen and oxygen atoms in total. The van der Waals surface area contributed by atoms with Crippen molar-refractivity contribution in [3.8, 4) is 11.4 Å². The first-order valence-corrected chi connectivity index (χ1v) is 11.9. The van der Waals surface area contributed by atoms with Crippen molar-refractivity contribution in [1.29, 1.82) is 0 Å². The molecular formula is C25H27N7O4. The Morgan fingerprint density at radius 1 is 1.25 bits per heavy atom. The first kappa shape index (κ1) is 23.5. The summed E-state index contributed by atoms with van der Waals surface area (Å²) in [7, 11) is 1.63. The highest BCUT2D eigenvalue weighted by Gasteiger charge is 2.30. The van der Waals surface area contributed by atoms with E-state index >= 15 is 0 Å². The minimum atomic E-state index is -0.482. The average molecular weight is 490 g/mol. The standard InChI is InChI=1S/C25H27N7O4/c1-4-11-35-25(34)21-13-20(29-31(21)3)24(33)32-10-8-18(14-32)28-23-19-12-17(22-27-15(2)36-30-22)6-5-16(19)7-9-26-23/h5-7,9,12-13,18H,4,8,10-11,14H2,1-3H3,(H,26,28)/t18-/m0/s1. The number of ether oxygens (including phenoxy) is 1. The van der Waals surface area contributed by atoms with Crippen molar-refractivity contribution in [2.45, 2.75) is 32.7 Å². The van der Waals surface area contributed by atoms with E-state index in [1.807, 2.05) is 31.2 Å². The highest BCUT2D eigenvalue weighted by Crippen LogP contribution is 2.28. The van der Waals surface area contributed by atoms with Crippen molar-refractivity contribution in [2.24, 2.45) is 7.05 Å². The lowest BCUT2D eigenvalue weighted by Gasteiger charge is -2.17. The number of carbonyl (C=O) groups excluding carboxylic acids is 2. The molecular weight excluding hydrogens is 462 g/mol. The third kappa shape index (κ3) is 4.64. The van der Waals surface area contributed by atoms with Gasteiger partial charge in [0.15, 0.2) is 5.69 Å². The maximum absolute atomic E-state index is 13.1. The Morgan fingerprint density at radius 2 is 2.11 bits per heavy atom. The predicted octanol–water partition coefficient (Wildman–Crippen LogP) is 3.22. The van der Waals surface area contributed by atoms with E-state index in [9.17, 15) is 9.59 Å². The summed E-state index contributed by atoms with van der Waals surface area (Å²) in [5, 5.41) is 13.7. The second-order valence-corrected chi connectivity index (χ2v) is 8.79. The van der Waals surface area contributed by atoms with Gasteiger partial charge in [-0.2, -0.15) is 10.1 Å². The number of aromatic nitrogens is 5. The Hall–Kier alpha value is -4.28. The summed E-state index contributed by atoms with van der Waals surface area (Å²) in [5.74, 6) is 1.06. The van der Waals surface area contributed by atoms with Crippen LogP contribution in [0.15, 0.2) is 41.1 Å². The third-order valence-electron chi connectivity index (χ3n) is 6.11. The van der Waals surface area contributed by atoms with E-state index in [1.165, 1.54) is 10.7 Å². The zero-order chi connectivity index (χ0) is 25.2. The van der Waals surface area contributed by atoms with E-state index in [4.69, 9.17) is 9.26 Å². The van der Waals surface area contributed by atoms with E-state index in [1.54, 1.807) is 25.1 Å². The Bertz CT molecular complexity index is 1430. The average Bonchev–Trinajstić information content (AvgIpc) is 3.62. The number of nitrogens with one attached hydrogen (secondary N) is 1. The van der Waals surface area contributed by atoms with Crippen molar-refractivity contribution >= 4 is 28.5 Å². The lowest BCUT2D eigenvalue weighted by atomic mass is 10.1. The Balaban J connectivity index is 1.30. The van der Waals surface area contributed by atoms with Gasteiger partial charge >= 0.3 is 5.97 Å². The van der Waals surface area contributed by atoms with Gasteiger partial charge in [-0.1, -0.05) is 24.2 Å². The van der Waals surface area contributed by atoms with Gasteiger partial charge in [0, 0.05) is 56.3 Å². The minimum Gasteiger partial charge on any atom is -0.461 e. The quantitative estimate of drug-likeness (QED) is 0.389. The number of hydrogen-bond acceptors (Lipinski definition) is 9. The number of pyridine rings is 1. The topological polar surface area (TPSA) is 128 Å². The maximum Gasteiger partial charge on any atom is 0.356 e. The molecule has 0 aliphatic carbocycles. The molecule has 1 N–H and O–H groups in total. The second-order valence-electron chi connectivity index (χ2n) is 8.79. The van der Waals surface area contributed by atoms with E-state index in [2.05, 4.69) is 25.5 Å². The number of aryl methyl sites for hydroxylation is 2. The molecule has 0 spiro atoms. The van der Waals surface area contributed by atoms with Crippen LogP contribution in [0.25, 0.3) is 22.2 Å². The fourth-order valence-corrected chi connectivity index (χ4v) is 4.29. The number of amides is 1. The molecule has 4 heterocycles. The lowest BCUT2D eigenvalue weighted by molar-refractivity contribution is 0.0492. The van der Waals surface area contributed by atoms with Gasteiger partial charge in [-0.25, -0.2) is 9.78 Å². The van der Waals surface area contributed by atoms with Gasteiger partial charge in [0.1, 0.15) is 11.5 Å². The summed E-state index contributed by atoms with van der Waals surface area (Å²) in [6.45, 7) is 5.06. The zero-order valence-corrected chi connectivity index (χ0v) is 20.4. The number of anilines is 1. The normalized spacial score (nSPS) is 15.4. The molecule has 5 rings (SSSR count). The van der Waals surface area contributed by atoms with Gasteiger partial charge in [0.05, 0.1) is 6.61 Å². The molecule has 1 fully saturated rings. The van der Waals surface area contributed by atoms with Gasteiger partial charge in [0.25, 0.3) is 5.91 Å². The molecule has 1 saturated heterocycles. The molecule has 11 heteroatoms. The molecule has 3 aromatic heterocycles. The van der Waals surface area contributed by atoms with Crippen molar-refractivity contribution in [3.05, 3.63) is 53.8 Å². The van der Waals surface area contributed by atoms with Gasteiger partial charge in [-0.15, -0.1) is 0 Å². The van der Waals surface area contributed by atoms with Gasteiger partial charge in [-0.3, -0.25) is 9.48 Å². The van der Waals surface area contributed by atoms with Crippen LogP contribution in [0.1, 0.15) is 46.6 Å². The second kappa shape index (κ2) is 9.76. The number of rotatable bonds is 7. The molecule has 4 aromatic rings. The number of esters is 1. The number of likely N-dealkylation sites (tertiary alicyclic amines) is 1. The third-order valence-corrected chi connectivity index (χ3v) is 6.11. The summed E-state index contributed by atoms with van der Waals surface area (Å²) in [6.07, 6.45) is 3.24. The van der Waals surface area contributed by atoms with E-state index in [-0.39, 0.29) is 23.3 Å². The molecule has 0 saturated carbocycles. The molecule has 1 aromatic carbocycles. The number of hydrogen-bond donors (Lipinski definition) is 1. The van der Waals surface area contributed by atoms with Crippen LogP contribution in [0.3, 0.4) is 0 Å². The molecule has 36 heavy (non-hydrogen) atoms. The van der Waals surface area contributed by atoms with Crippen LogP contribution in [-0.4, -0.2) is 67.4 Å². The fraction of sp³-hybridized carbons (Fsp3) is 0.360. The van der Waals surface area contributed by atoms with Crippen LogP contribution < -0.4 is 5.32 Å². The monoisotopic (exact) mass is 489 g/mol. The van der Waals surface area contributed by atoms with Crippen LogP contribution in [0, 0.1) is 6.92 Å². The first-order chi connectivity index (χ1) is 17.4.